The van der Waals surface area contributed by atoms with Gasteiger partial charge in [0.1, 0.15) is 22.8 Å². The van der Waals surface area contributed by atoms with E-state index in [9.17, 15) is 74.4 Å². The molecule has 1 amide bonds. The molecule has 0 bridgehead atoms. The number of amides is 1. The zero-order chi connectivity index (χ0) is 88.7. The average molecular weight is 1740 g/mol. The summed E-state index contributed by atoms with van der Waals surface area (Å²) in [6, 6.07) is 50.2. The number of phenolic OH excluding ortho intramolecular Hbond substituents is 4. The number of aromatic nitrogens is 6. The van der Waals surface area contributed by atoms with Gasteiger partial charge in [0, 0.05) is 82.3 Å². The van der Waals surface area contributed by atoms with Gasteiger partial charge in [0.05, 0.1) is 66.2 Å². The van der Waals surface area contributed by atoms with E-state index in [2.05, 4.69) is 88.7 Å². The van der Waals surface area contributed by atoms with Crippen LogP contribution in [0.25, 0.3) is 45.1 Å². The van der Waals surface area contributed by atoms with Crippen molar-refractivity contribution in [3.8, 4) is 28.7 Å². The van der Waals surface area contributed by atoms with Gasteiger partial charge in [-0.05, 0) is 182 Å². The third kappa shape index (κ3) is 32.0. The van der Waals surface area contributed by atoms with Crippen molar-refractivity contribution in [2.75, 3.05) is 31.3 Å². The smallest absolute Gasteiger partial charge is 0.328 e. The molecule has 4 aromatic heterocycles. The maximum absolute atomic E-state index is 11.5. The zero-order valence-corrected chi connectivity index (χ0v) is 71.4. The average Bonchev–Trinajstić information content (AvgIpc) is 1.04. The number of hydrogen-bond donors (Lipinski definition) is 19. The molecule has 122 heavy (non-hydrogen) atoms. The summed E-state index contributed by atoms with van der Waals surface area (Å²) in [7, 11) is 1.64. The minimum absolute atomic E-state index is 0. The molecule has 4 heterocycles. The lowest BCUT2D eigenvalue weighted by Crippen LogP contribution is -2.39. The number of benzene rings is 7. The van der Waals surface area contributed by atoms with E-state index in [0.29, 0.717) is 70.3 Å². The number of halogens is 2. The summed E-state index contributed by atoms with van der Waals surface area (Å²) in [6.07, 6.45) is 10.4. The summed E-state index contributed by atoms with van der Waals surface area (Å²) in [5.74, 6) is -1.99. The molecular weight excluding hydrogens is 1630 g/mol. The Labute approximate surface area is 720 Å². The van der Waals surface area contributed by atoms with Crippen molar-refractivity contribution in [3.05, 3.63) is 269 Å². The molecular formula is C90H108Cl2N10O19S. The molecule has 19 N–H and O–H groups in total. The fourth-order valence-electron chi connectivity index (χ4n) is 12.7. The number of ether oxygens (including phenoxy) is 1. The van der Waals surface area contributed by atoms with Crippen LogP contribution < -0.4 is 42.8 Å². The first-order valence-electron chi connectivity index (χ1n) is 39.1. The van der Waals surface area contributed by atoms with Crippen LogP contribution in [0.4, 0.5) is 5.69 Å². The van der Waals surface area contributed by atoms with E-state index < -0.39 is 53.1 Å². The lowest BCUT2D eigenvalue weighted by atomic mass is 9.90. The second-order valence-electron chi connectivity index (χ2n) is 30.1. The van der Waals surface area contributed by atoms with Gasteiger partial charge in [-0.3, -0.25) is 29.1 Å². The van der Waals surface area contributed by atoms with Crippen LogP contribution in [0.2, 0.25) is 5.02 Å². The first kappa shape index (κ1) is 99.1. The van der Waals surface area contributed by atoms with Crippen molar-refractivity contribution in [2.24, 2.45) is 5.41 Å². The van der Waals surface area contributed by atoms with Crippen molar-refractivity contribution in [1.82, 2.24) is 45.9 Å². The largest absolute Gasteiger partial charge is 0.506 e. The first-order valence-corrected chi connectivity index (χ1v) is 40.5. The molecule has 12 rings (SSSR count). The summed E-state index contributed by atoms with van der Waals surface area (Å²) in [5, 5.41) is 119. The summed E-state index contributed by atoms with van der Waals surface area (Å²) < 4.78 is 5.14. The second-order valence-corrected chi connectivity index (χ2v) is 31.7. The van der Waals surface area contributed by atoms with Crippen LogP contribution in [0, 0.1) is 5.41 Å². The molecule has 652 valence electrons. The fraction of sp³-hybridized carbons (Fsp3) is 0.322. The molecule has 1 saturated carbocycles. The van der Waals surface area contributed by atoms with E-state index in [1.54, 1.807) is 37.4 Å². The number of carbonyl (C=O) groups is 4. The van der Waals surface area contributed by atoms with Gasteiger partial charge < -0.3 is 92.1 Å². The van der Waals surface area contributed by atoms with Crippen molar-refractivity contribution in [1.29, 1.82) is 0 Å². The van der Waals surface area contributed by atoms with Crippen LogP contribution >= 0.6 is 35.8 Å². The number of fused-ring (bicyclic) bond motifs is 3. The number of H-pyrrole nitrogens is 4. The summed E-state index contributed by atoms with van der Waals surface area (Å²) in [6.45, 7) is 16.5. The van der Waals surface area contributed by atoms with E-state index >= 15 is 0 Å². The number of aliphatic carboxylic acids is 3. The van der Waals surface area contributed by atoms with Gasteiger partial charge in [-0.1, -0.05) is 143 Å². The molecule has 7 aromatic carbocycles. The predicted octanol–water partition coefficient (Wildman–Crippen LogP) is 13.4. The number of nitrogens with one attached hydrogen (secondary N) is 8. The summed E-state index contributed by atoms with van der Waals surface area (Å²) in [4.78, 5) is 92.2. The van der Waals surface area contributed by atoms with E-state index in [-0.39, 0.29) is 93.0 Å². The second kappa shape index (κ2) is 48.1. The highest BCUT2D eigenvalue weighted by Crippen LogP contribution is 2.53. The Morgan fingerprint density at radius 3 is 1.97 bits per heavy atom. The number of rotatable bonds is 32. The highest BCUT2D eigenvalue weighted by molar-refractivity contribution is 7.99. The van der Waals surface area contributed by atoms with Gasteiger partial charge in [0.15, 0.2) is 17.1 Å². The van der Waals surface area contributed by atoms with Gasteiger partial charge in [-0.25, -0.2) is 24.4 Å². The number of pyridine rings is 2. The van der Waals surface area contributed by atoms with Crippen LogP contribution in [0.15, 0.2) is 197 Å². The number of phenols is 4. The molecule has 0 saturated heterocycles. The summed E-state index contributed by atoms with van der Waals surface area (Å²) >= 11 is 8.04. The van der Waals surface area contributed by atoms with Crippen LogP contribution in [0.3, 0.4) is 0 Å². The van der Waals surface area contributed by atoms with Gasteiger partial charge in [0.2, 0.25) is 12.0 Å². The lowest BCUT2D eigenvalue weighted by Gasteiger charge is -2.26. The molecule has 1 fully saturated rings. The molecule has 1 aliphatic rings. The molecule has 0 spiro atoms. The Hall–Kier alpha value is -11.7. The molecule has 29 nitrogen and oxygen atoms in total. The fourth-order valence-corrected chi connectivity index (χ4v) is 14.5. The Balaban J connectivity index is 0.000000245. The Morgan fingerprint density at radius 1 is 0.689 bits per heavy atom. The molecule has 6 atom stereocenters. The van der Waals surface area contributed by atoms with E-state index in [1.807, 2.05) is 140 Å². The third-order valence-electron chi connectivity index (χ3n) is 19.2. The number of methoxy groups -OCH3 is 1. The number of aromatic hydroxyl groups is 4. The predicted molar refractivity (Wildman–Crippen MR) is 479 cm³/mol. The Kier molecular flexibility index (Phi) is 39.1. The van der Waals surface area contributed by atoms with E-state index in [1.165, 1.54) is 47.8 Å². The molecule has 0 aliphatic heterocycles. The quantitative estimate of drug-likeness (QED) is 0.0106. The van der Waals surface area contributed by atoms with Crippen molar-refractivity contribution >= 4 is 111 Å². The number of carbonyl (C=O) groups excluding carboxylic acids is 1. The number of thioether (sulfide) groups is 1. The minimum Gasteiger partial charge on any atom is -0.506 e. The number of aromatic amines is 4. The van der Waals surface area contributed by atoms with Crippen LogP contribution in [-0.2, 0) is 37.6 Å². The molecule has 32 heteroatoms. The van der Waals surface area contributed by atoms with Crippen LogP contribution in [0.1, 0.15) is 161 Å². The number of carboxylic acid groups (broad SMARTS) is 3. The van der Waals surface area contributed by atoms with E-state index in [0.717, 1.165) is 83.3 Å². The number of aliphatic hydroxyl groups is 4. The number of carboxylic acids is 3. The molecule has 11 aromatic rings. The van der Waals surface area contributed by atoms with Gasteiger partial charge in [-0.2, -0.15) is 11.8 Å². The van der Waals surface area contributed by atoms with Gasteiger partial charge >= 0.3 is 23.6 Å². The summed E-state index contributed by atoms with van der Waals surface area (Å²) in [5.41, 5.74) is 8.13. The lowest BCUT2D eigenvalue weighted by molar-refractivity contribution is -0.138. The SMILES string of the molecule is CC(C)(O)c1ccccc1CC[C@@H](SCC1(CC(=O)O)CC1)c1cccc(/C=C/c2ccc3ccc(Cl)cc3n2)c1.CC(C)NCC(O)c1ccc(O)c(O)c1.CCC(NC(C)C)C(O)c1ccc(O)c2[nH]c(=O)ccc12.COc1ccc(C[C@@H](C)NC[C@H](O)c2ccc(O)c(NC=O)c2)cc1.Cl.O=C(O)/C=C/C(=O)O.O=c1[nH]c(=O)c2[nH]cnc2[nH]1. The molecule has 3 unspecified atom stereocenters. The normalized spacial score (nSPS) is 13.5. The number of imidazole rings is 1. The van der Waals surface area contributed by atoms with Gasteiger partial charge in [-0.15, -0.1) is 12.4 Å². The highest BCUT2D eigenvalue weighted by Gasteiger charge is 2.45. The van der Waals surface area contributed by atoms with Gasteiger partial charge in [0.25, 0.3) is 5.56 Å². The Bertz CT molecular complexity index is 5480. The first-order chi connectivity index (χ1) is 57.5. The van der Waals surface area contributed by atoms with Crippen LogP contribution in [-0.4, -0.2) is 161 Å². The number of nitrogens with zero attached hydrogens (tertiary/aromatic N) is 2. The van der Waals surface area contributed by atoms with E-state index in [4.69, 9.17) is 36.6 Å². The van der Waals surface area contributed by atoms with Crippen molar-refractivity contribution < 1.29 is 80.1 Å². The molecule has 1 aliphatic carbocycles. The topological polar surface area (TPSA) is 488 Å². The van der Waals surface area contributed by atoms with Crippen LogP contribution in [0.5, 0.6) is 28.7 Å². The molecule has 0 radical (unpaired) electrons. The Morgan fingerprint density at radius 2 is 1.34 bits per heavy atom. The third-order valence-corrected chi connectivity index (χ3v) is 21.1. The minimum atomic E-state index is -1.26. The number of hydrogen-bond acceptors (Lipinski definition) is 22. The van der Waals surface area contributed by atoms with Crippen molar-refractivity contribution in [2.45, 2.75) is 154 Å². The number of anilines is 1. The highest BCUT2D eigenvalue weighted by atomic mass is 35.5. The maximum Gasteiger partial charge on any atom is 0.328 e. The standard InChI is InChI=1S/C35H36ClNO3S.C19H24N2O4.C16H22N2O3.C11H17NO3.C5H4N4O2.C4H4O4.ClH/c1-34(2,40)30-9-4-3-7-25(30)13-17-32(41-23-35(18-19-35)22-33(38)39)27-8-5-6-24(20-27)10-15-29-16-12-26-11-14-28(36)21-31(26)37-29;1-13(9-14-3-6-16(25-2)7-4-14)20-11-19(24)15-5-8-18(23)17(10-15)21-12-22;1-4-12(17-9(2)3)16(21)11-5-7-13(19)15-10(11)6-8-14(20)18-15;1-7(2)12-6-11(15)8-3-4-9(13)10(14)5-8;10-4-2-3(7-1-6-2)8-5(11)9-4;5-3(6)1-2-4(7)8;/h3-12,14-16,20-21,32,40H,13,17-19,22-23H2,1-2H3,(H,38,39);3-8,10,12-13,19-20,23-24H,9,11H2,1-2H3,(H,21,22);5-9,12,16-17,19,21H,4H2,1-3H3,(H,18,20);3-5,7,11-15H,6H2,1-2H3;1H,(H3,6,7,8,9,10,11);1-2H,(H,5,6)(H,7,8);1H/b15-10+;;;;;2-1+;/t32-;13-,19+;;;;;/m11...../s1. The zero-order valence-electron chi connectivity index (χ0n) is 69.0. The number of aliphatic hydroxyl groups excluding tert-OH is 3. The number of aryl methyl sites for hydroxylation is 1. The maximum atomic E-state index is 11.5. The van der Waals surface area contributed by atoms with Crippen molar-refractivity contribution in [3.63, 3.8) is 0 Å². The monoisotopic (exact) mass is 1730 g/mol.